The molecule has 3 nitrogen and oxygen atoms in total. The summed E-state index contributed by atoms with van der Waals surface area (Å²) in [5.41, 5.74) is 8.27. The van der Waals surface area contributed by atoms with Gasteiger partial charge in [-0.25, -0.2) is 0 Å². The number of benzene rings is 1. The lowest BCUT2D eigenvalue weighted by atomic mass is 10.0. The summed E-state index contributed by atoms with van der Waals surface area (Å²) in [6.07, 6.45) is 1.11. The minimum atomic E-state index is 0.224. The van der Waals surface area contributed by atoms with E-state index in [0.29, 0.717) is 19.2 Å². The zero-order chi connectivity index (χ0) is 12.7. The Kier molecular flexibility index (Phi) is 6.19. The van der Waals surface area contributed by atoms with Gasteiger partial charge in [0.1, 0.15) is 0 Å². The van der Waals surface area contributed by atoms with Crippen LogP contribution in [-0.2, 0) is 11.3 Å². The molecule has 0 saturated carbocycles. The van der Waals surface area contributed by atoms with E-state index in [1.54, 1.807) is 7.11 Å². The fourth-order valence-electron chi connectivity index (χ4n) is 1.83. The number of nitrogens with one attached hydrogen (secondary N) is 1. The summed E-state index contributed by atoms with van der Waals surface area (Å²) in [4.78, 5) is 0. The lowest BCUT2D eigenvalue weighted by molar-refractivity contribution is 0.185. The van der Waals surface area contributed by atoms with Crippen LogP contribution in [0.2, 0.25) is 0 Å². The van der Waals surface area contributed by atoms with Gasteiger partial charge in [0.05, 0.1) is 6.61 Å². The normalized spacial score (nSPS) is 14.6. The third kappa shape index (κ3) is 4.46. The first kappa shape index (κ1) is 14.2. The van der Waals surface area contributed by atoms with Crippen molar-refractivity contribution < 1.29 is 4.74 Å². The van der Waals surface area contributed by atoms with Crippen molar-refractivity contribution in [2.75, 3.05) is 13.7 Å². The Morgan fingerprint density at radius 1 is 1.41 bits per heavy atom. The molecule has 0 fully saturated rings. The molecule has 0 saturated heterocycles. The molecule has 17 heavy (non-hydrogen) atoms. The van der Waals surface area contributed by atoms with Crippen molar-refractivity contribution in [2.45, 2.75) is 39.0 Å². The smallest absolute Gasteiger partial charge is 0.0713 e. The molecule has 0 aromatic heterocycles. The van der Waals surface area contributed by atoms with Crippen LogP contribution in [0.5, 0.6) is 0 Å². The molecule has 96 valence electrons. The van der Waals surface area contributed by atoms with Crippen molar-refractivity contribution >= 4 is 0 Å². The zero-order valence-electron chi connectivity index (χ0n) is 11.1. The third-order valence-electron chi connectivity index (χ3n) is 3.00. The highest BCUT2D eigenvalue weighted by atomic mass is 16.5. The molecule has 0 aliphatic rings. The molecule has 0 radical (unpaired) electrons. The van der Waals surface area contributed by atoms with Gasteiger partial charge in [0.25, 0.3) is 0 Å². The monoisotopic (exact) mass is 236 g/mol. The van der Waals surface area contributed by atoms with Gasteiger partial charge in [-0.2, -0.15) is 0 Å². The molecule has 2 atom stereocenters. The van der Waals surface area contributed by atoms with Crippen LogP contribution >= 0.6 is 0 Å². The van der Waals surface area contributed by atoms with Crippen molar-refractivity contribution in [1.82, 2.24) is 5.32 Å². The molecule has 3 heteroatoms. The minimum absolute atomic E-state index is 0.224. The Labute approximate surface area is 104 Å². The first-order chi connectivity index (χ1) is 8.21. The van der Waals surface area contributed by atoms with Crippen LogP contribution in [0.1, 0.15) is 37.4 Å². The van der Waals surface area contributed by atoms with Crippen LogP contribution in [0.4, 0.5) is 0 Å². The standard InChI is InChI=1S/C14H24N2O/c1-4-11(2)16-14(9-15)13-7-5-6-12(8-13)10-17-3/h5-8,11,14,16H,4,9-10,15H2,1-3H3. The summed E-state index contributed by atoms with van der Waals surface area (Å²) >= 11 is 0. The van der Waals surface area contributed by atoms with Crippen LogP contribution in [0.15, 0.2) is 24.3 Å². The quantitative estimate of drug-likeness (QED) is 0.763. The average molecular weight is 236 g/mol. The Hall–Kier alpha value is -0.900. The zero-order valence-corrected chi connectivity index (χ0v) is 11.1. The molecule has 1 aromatic carbocycles. The van der Waals surface area contributed by atoms with Crippen molar-refractivity contribution in [1.29, 1.82) is 0 Å². The number of hydrogen-bond donors (Lipinski definition) is 2. The highest BCUT2D eigenvalue weighted by molar-refractivity contribution is 5.26. The Bertz CT molecular complexity index is 328. The second-order valence-corrected chi connectivity index (χ2v) is 4.44. The maximum absolute atomic E-state index is 5.84. The van der Waals surface area contributed by atoms with E-state index in [-0.39, 0.29) is 6.04 Å². The summed E-state index contributed by atoms with van der Waals surface area (Å²) in [7, 11) is 1.71. The van der Waals surface area contributed by atoms with Gasteiger partial charge in [-0.05, 0) is 24.5 Å². The van der Waals surface area contributed by atoms with Crippen LogP contribution in [0.25, 0.3) is 0 Å². The maximum atomic E-state index is 5.84. The number of methoxy groups -OCH3 is 1. The number of hydrogen-bond acceptors (Lipinski definition) is 3. The molecular weight excluding hydrogens is 212 g/mol. The molecule has 0 amide bonds. The summed E-state index contributed by atoms with van der Waals surface area (Å²) in [5.74, 6) is 0. The van der Waals surface area contributed by atoms with Crippen molar-refractivity contribution in [3.8, 4) is 0 Å². The molecule has 1 aromatic rings. The topological polar surface area (TPSA) is 47.3 Å². The van der Waals surface area contributed by atoms with Gasteiger partial charge in [-0.3, -0.25) is 0 Å². The highest BCUT2D eigenvalue weighted by Gasteiger charge is 2.11. The van der Waals surface area contributed by atoms with Crippen molar-refractivity contribution in [2.24, 2.45) is 5.73 Å². The van der Waals surface area contributed by atoms with Gasteiger partial charge in [-0.1, -0.05) is 31.2 Å². The van der Waals surface area contributed by atoms with E-state index in [1.165, 1.54) is 11.1 Å². The Morgan fingerprint density at radius 3 is 2.76 bits per heavy atom. The molecule has 3 N–H and O–H groups in total. The van der Waals surface area contributed by atoms with Crippen LogP contribution in [0, 0.1) is 0 Å². The summed E-state index contributed by atoms with van der Waals surface area (Å²) in [5, 5.41) is 3.54. The van der Waals surface area contributed by atoms with E-state index in [9.17, 15) is 0 Å². The molecule has 0 bridgehead atoms. The summed E-state index contributed by atoms with van der Waals surface area (Å²) in [6.45, 7) is 5.61. The maximum Gasteiger partial charge on any atom is 0.0713 e. The molecule has 0 spiro atoms. The molecule has 2 unspecified atom stereocenters. The van der Waals surface area contributed by atoms with E-state index < -0.39 is 0 Å². The van der Waals surface area contributed by atoms with E-state index in [0.717, 1.165) is 6.42 Å². The Morgan fingerprint density at radius 2 is 2.18 bits per heavy atom. The number of rotatable bonds is 7. The average Bonchev–Trinajstić information content (AvgIpc) is 2.36. The lowest BCUT2D eigenvalue weighted by Gasteiger charge is -2.22. The largest absolute Gasteiger partial charge is 0.380 e. The molecule has 0 aliphatic carbocycles. The van der Waals surface area contributed by atoms with Crippen LogP contribution < -0.4 is 11.1 Å². The summed E-state index contributed by atoms with van der Waals surface area (Å²) in [6, 6.07) is 9.12. The molecule has 0 heterocycles. The molecule has 0 aliphatic heterocycles. The number of ether oxygens (including phenoxy) is 1. The predicted octanol–water partition coefficient (Wildman–Crippen LogP) is 2.22. The van der Waals surface area contributed by atoms with Gasteiger partial charge in [0, 0.05) is 25.7 Å². The molecular formula is C14H24N2O. The number of nitrogens with two attached hydrogens (primary N) is 1. The van der Waals surface area contributed by atoms with E-state index in [1.807, 2.05) is 0 Å². The van der Waals surface area contributed by atoms with E-state index in [2.05, 4.69) is 43.4 Å². The summed E-state index contributed by atoms with van der Waals surface area (Å²) < 4.78 is 5.15. The fourth-order valence-corrected chi connectivity index (χ4v) is 1.83. The Balaban J connectivity index is 2.76. The predicted molar refractivity (Wildman–Crippen MR) is 71.8 cm³/mol. The first-order valence-corrected chi connectivity index (χ1v) is 6.25. The third-order valence-corrected chi connectivity index (χ3v) is 3.00. The van der Waals surface area contributed by atoms with Crippen LogP contribution in [-0.4, -0.2) is 19.7 Å². The minimum Gasteiger partial charge on any atom is -0.380 e. The van der Waals surface area contributed by atoms with Gasteiger partial charge < -0.3 is 15.8 Å². The van der Waals surface area contributed by atoms with Gasteiger partial charge in [0.2, 0.25) is 0 Å². The second-order valence-electron chi connectivity index (χ2n) is 4.44. The van der Waals surface area contributed by atoms with Gasteiger partial charge >= 0.3 is 0 Å². The highest BCUT2D eigenvalue weighted by Crippen LogP contribution is 2.15. The molecule has 1 rings (SSSR count). The van der Waals surface area contributed by atoms with E-state index in [4.69, 9.17) is 10.5 Å². The van der Waals surface area contributed by atoms with Gasteiger partial charge in [-0.15, -0.1) is 0 Å². The second kappa shape index (κ2) is 7.43. The first-order valence-electron chi connectivity index (χ1n) is 6.25. The van der Waals surface area contributed by atoms with E-state index >= 15 is 0 Å². The SMILES string of the molecule is CCC(C)NC(CN)c1cccc(COC)c1. The van der Waals surface area contributed by atoms with Crippen LogP contribution in [0.3, 0.4) is 0 Å². The van der Waals surface area contributed by atoms with Crippen molar-refractivity contribution in [3.63, 3.8) is 0 Å². The fraction of sp³-hybridized carbons (Fsp3) is 0.571. The van der Waals surface area contributed by atoms with Gasteiger partial charge in [0.15, 0.2) is 0 Å². The van der Waals surface area contributed by atoms with Crippen molar-refractivity contribution in [3.05, 3.63) is 35.4 Å². The lowest BCUT2D eigenvalue weighted by Crippen LogP contribution is -2.34.